The monoisotopic (exact) mass is 277 g/mol. The van der Waals surface area contributed by atoms with Gasteiger partial charge < -0.3 is 15.0 Å². The largest absolute Gasteiger partial charge is 0.477 e. The van der Waals surface area contributed by atoms with Crippen molar-refractivity contribution in [2.75, 3.05) is 7.05 Å². The highest BCUT2D eigenvalue weighted by Gasteiger charge is 2.24. The molecular weight excluding hydrogens is 262 g/mol. The molecule has 0 spiro atoms. The third kappa shape index (κ3) is 2.40. The first-order chi connectivity index (χ1) is 9.41. The number of H-pyrrole nitrogens is 2. The average Bonchev–Trinajstić information content (AvgIpc) is 2.97. The van der Waals surface area contributed by atoms with Crippen LogP contribution in [0.25, 0.3) is 0 Å². The Morgan fingerprint density at radius 1 is 1.40 bits per heavy atom. The maximum absolute atomic E-state index is 12.4. The minimum absolute atomic E-state index is 0.0407. The molecule has 1 amide bonds. The molecule has 0 saturated carbocycles. The molecule has 0 radical (unpaired) electrons. The van der Waals surface area contributed by atoms with Gasteiger partial charge in [-0.2, -0.15) is 5.10 Å². The van der Waals surface area contributed by atoms with Crippen molar-refractivity contribution in [3.05, 3.63) is 34.7 Å². The highest BCUT2D eigenvalue weighted by atomic mass is 16.4. The van der Waals surface area contributed by atoms with E-state index in [-0.39, 0.29) is 18.1 Å². The summed E-state index contributed by atoms with van der Waals surface area (Å²) in [4.78, 5) is 31.6. The van der Waals surface area contributed by atoms with Crippen LogP contribution in [-0.4, -0.2) is 49.1 Å². The van der Waals surface area contributed by atoms with Crippen LogP contribution in [0.5, 0.6) is 0 Å². The first-order valence-electron chi connectivity index (χ1n) is 5.94. The van der Waals surface area contributed by atoms with Crippen molar-refractivity contribution < 1.29 is 14.7 Å². The van der Waals surface area contributed by atoms with Gasteiger partial charge in [0.25, 0.3) is 5.91 Å². The summed E-state index contributed by atoms with van der Waals surface area (Å²) in [5.74, 6) is -0.784. The third-order valence-electron chi connectivity index (χ3n) is 3.06. The quantitative estimate of drug-likeness (QED) is 0.761. The molecule has 20 heavy (non-hydrogen) atoms. The van der Waals surface area contributed by atoms with Gasteiger partial charge in [0.05, 0.1) is 12.1 Å². The number of aryl methyl sites for hydroxylation is 1. The highest BCUT2D eigenvalue weighted by molar-refractivity contribution is 6.00. The number of amides is 1. The Bertz CT molecular complexity index is 644. The number of carboxylic acids is 1. The molecule has 3 N–H and O–H groups in total. The van der Waals surface area contributed by atoms with Gasteiger partial charge in [0, 0.05) is 12.7 Å². The van der Waals surface area contributed by atoms with E-state index in [4.69, 9.17) is 5.11 Å². The average molecular weight is 277 g/mol. The Morgan fingerprint density at radius 2 is 2.10 bits per heavy atom. The number of hydrogen-bond donors (Lipinski definition) is 3. The van der Waals surface area contributed by atoms with Crippen LogP contribution in [0, 0.1) is 13.8 Å². The third-order valence-corrected chi connectivity index (χ3v) is 3.06. The number of aromatic amines is 2. The molecular formula is C12H15N5O3. The Kier molecular flexibility index (Phi) is 3.55. The van der Waals surface area contributed by atoms with Gasteiger partial charge in [0.2, 0.25) is 0 Å². The summed E-state index contributed by atoms with van der Waals surface area (Å²) in [5, 5.41) is 15.4. The molecule has 2 rings (SSSR count). The predicted octanol–water partition coefficient (Wildman–Crippen LogP) is 0.720. The number of aromatic nitrogens is 4. The molecule has 0 fully saturated rings. The zero-order valence-electron chi connectivity index (χ0n) is 11.4. The summed E-state index contributed by atoms with van der Waals surface area (Å²) in [6.07, 6.45) is 1.36. The fourth-order valence-corrected chi connectivity index (χ4v) is 2.08. The number of nitrogens with one attached hydrogen (secondary N) is 2. The molecule has 0 atom stereocenters. The zero-order chi connectivity index (χ0) is 14.9. The molecule has 0 saturated heterocycles. The fourth-order valence-electron chi connectivity index (χ4n) is 2.08. The summed E-state index contributed by atoms with van der Waals surface area (Å²) in [6.45, 7) is 3.56. The van der Waals surface area contributed by atoms with Gasteiger partial charge in [-0.1, -0.05) is 0 Å². The standard InChI is InChI=1S/C12H15N5O3/c1-6-9(7(2)15-10(6)12(19)20)11(18)17(3)4-8-13-5-14-16-8/h5,15H,4H2,1-3H3,(H,19,20)(H,13,14,16). The zero-order valence-corrected chi connectivity index (χ0v) is 11.4. The summed E-state index contributed by atoms with van der Waals surface area (Å²) in [6, 6.07) is 0. The van der Waals surface area contributed by atoms with Crippen LogP contribution >= 0.6 is 0 Å². The first-order valence-corrected chi connectivity index (χ1v) is 5.94. The van der Waals surface area contributed by atoms with E-state index >= 15 is 0 Å². The van der Waals surface area contributed by atoms with Crippen LogP contribution in [0.3, 0.4) is 0 Å². The molecule has 2 aromatic rings. The SMILES string of the molecule is Cc1[nH]c(C(=O)O)c(C)c1C(=O)N(C)Cc1ncn[nH]1. The molecule has 2 aromatic heterocycles. The summed E-state index contributed by atoms with van der Waals surface area (Å²) < 4.78 is 0. The lowest BCUT2D eigenvalue weighted by Gasteiger charge is -2.16. The van der Waals surface area contributed by atoms with Crippen LogP contribution in [0.4, 0.5) is 0 Å². The minimum atomic E-state index is -1.08. The van der Waals surface area contributed by atoms with Crippen LogP contribution in [0.15, 0.2) is 6.33 Å². The number of rotatable bonds is 4. The number of carbonyl (C=O) groups is 2. The van der Waals surface area contributed by atoms with Crippen LogP contribution in [-0.2, 0) is 6.54 Å². The number of aromatic carboxylic acids is 1. The van der Waals surface area contributed by atoms with E-state index in [1.807, 2.05) is 0 Å². The van der Waals surface area contributed by atoms with Gasteiger partial charge >= 0.3 is 5.97 Å². The van der Waals surface area contributed by atoms with E-state index in [1.165, 1.54) is 11.2 Å². The number of carbonyl (C=O) groups excluding carboxylic acids is 1. The van der Waals surface area contributed by atoms with Gasteiger partial charge in [0.1, 0.15) is 17.8 Å². The molecule has 0 aliphatic heterocycles. The van der Waals surface area contributed by atoms with Crippen LogP contribution < -0.4 is 0 Å². The van der Waals surface area contributed by atoms with Crippen LogP contribution in [0.2, 0.25) is 0 Å². The van der Waals surface area contributed by atoms with Gasteiger partial charge in [0.15, 0.2) is 0 Å². The molecule has 0 aliphatic carbocycles. The lowest BCUT2D eigenvalue weighted by molar-refractivity contribution is 0.0690. The maximum Gasteiger partial charge on any atom is 0.352 e. The smallest absolute Gasteiger partial charge is 0.352 e. The van der Waals surface area contributed by atoms with Crippen molar-refractivity contribution in [2.45, 2.75) is 20.4 Å². The Morgan fingerprint density at radius 3 is 2.60 bits per heavy atom. The van der Waals surface area contributed by atoms with Crippen molar-refractivity contribution in [2.24, 2.45) is 0 Å². The Balaban J connectivity index is 2.27. The molecule has 106 valence electrons. The van der Waals surface area contributed by atoms with Crippen molar-refractivity contribution >= 4 is 11.9 Å². The van der Waals surface area contributed by atoms with Crippen molar-refractivity contribution in [3.63, 3.8) is 0 Å². The van der Waals surface area contributed by atoms with E-state index in [0.717, 1.165) is 0 Å². The second-order valence-corrected chi connectivity index (χ2v) is 4.52. The Hall–Kier alpha value is -2.64. The van der Waals surface area contributed by atoms with Gasteiger partial charge in [-0.05, 0) is 19.4 Å². The minimum Gasteiger partial charge on any atom is -0.477 e. The maximum atomic E-state index is 12.4. The summed E-state index contributed by atoms with van der Waals surface area (Å²) in [5.41, 5.74) is 1.39. The molecule has 8 nitrogen and oxygen atoms in total. The van der Waals surface area contributed by atoms with Gasteiger partial charge in [-0.25, -0.2) is 9.78 Å². The molecule has 0 unspecified atom stereocenters. The van der Waals surface area contributed by atoms with E-state index in [0.29, 0.717) is 22.6 Å². The Labute approximate surface area is 114 Å². The normalized spacial score (nSPS) is 10.6. The van der Waals surface area contributed by atoms with Gasteiger partial charge in [-0.3, -0.25) is 9.89 Å². The predicted molar refractivity (Wildman–Crippen MR) is 69.4 cm³/mol. The summed E-state index contributed by atoms with van der Waals surface area (Å²) in [7, 11) is 1.62. The second-order valence-electron chi connectivity index (χ2n) is 4.52. The number of hydrogen-bond acceptors (Lipinski definition) is 4. The topological polar surface area (TPSA) is 115 Å². The van der Waals surface area contributed by atoms with Gasteiger partial charge in [-0.15, -0.1) is 0 Å². The van der Waals surface area contributed by atoms with Crippen molar-refractivity contribution in [1.29, 1.82) is 0 Å². The number of nitrogens with zero attached hydrogens (tertiary/aromatic N) is 3. The molecule has 0 bridgehead atoms. The summed E-state index contributed by atoms with van der Waals surface area (Å²) >= 11 is 0. The molecule has 2 heterocycles. The van der Waals surface area contributed by atoms with E-state index in [2.05, 4.69) is 20.2 Å². The van der Waals surface area contributed by atoms with E-state index in [9.17, 15) is 9.59 Å². The fraction of sp³-hybridized carbons (Fsp3) is 0.333. The lowest BCUT2D eigenvalue weighted by Crippen LogP contribution is -2.27. The molecule has 0 aromatic carbocycles. The van der Waals surface area contributed by atoms with Crippen molar-refractivity contribution in [1.82, 2.24) is 25.1 Å². The van der Waals surface area contributed by atoms with Crippen LogP contribution in [0.1, 0.15) is 37.9 Å². The molecule has 8 heteroatoms. The molecule has 0 aliphatic rings. The second kappa shape index (κ2) is 5.16. The van der Waals surface area contributed by atoms with E-state index in [1.54, 1.807) is 20.9 Å². The van der Waals surface area contributed by atoms with E-state index < -0.39 is 5.97 Å². The lowest BCUT2D eigenvalue weighted by atomic mass is 10.1. The number of carboxylic acid groups (broad SMARTS) is 1. The first kappa shape index (κ1) is 13.8. The highest BCUT2D eigenvalue weighted by Crippen LogP contribution is 2.20. The van der Waals surface area contributed by atoms with Crippen molar-refractivity contribution in [3.8, 4) is 0 Å².